The zero-order valence-electron chi connectivity index (χ0n) is 14.1. The molecule has 1 heterocycles. The standard InChI is InChI=1S/C20H16N2O4S/c23-18(15-7-2-1-3-8-15)19(24)22-21-13-14-6-4-9-16(12-14)26-20(25)17-10-5-11-27-17/h1-13,18,23H,(H,22,24). The first-order valence-corrected chi connectivity index (χ1v) is 8.93. The molecule has 1 aromatic heterocycles. The summed E-state index contributed by atoms with van der Waals surface area (Å²) in [5.41, 5.74) is 3.39. The number of hydrogen-bond acceptors (Lipinski definition) is 6. The summed E-state index contributed by atoms with van der Waals surface area (Å²) in [6.45, 7) is 0. The van der Waals surface area contributed by atoms with Gasteiger partial charge in [0.15, 0.2) is 6.10 Å². The zero-order valence-corrected chi connectivity index (χ0v) is 14.9. The van der Waals surface area contributed by atoms with Crippen molar-refractivity contribution >= 4 is 29.4 Å². The molecule has 0 aliphatic heterocycles. The van der Waals surface area contributed by atoms with Crippen molar-refractivity contribution in [3.63, 3.8) is 0 Å². The van der Waals surface area contributed by atoms with E-state index in [-0.39, 0.29) is 0 Å². The molecule has 0 radical (unpaired) electrons. The Bertz CT molecular complexity index is 940. The smallest absolute Gasteiger partial charge is 0.353 e. The van der Waals surface area contributed by atoms with Crippen LogP contribution in [0.5, 0.6) is 5.75 Å². The molecule has 0 aliphatic carbocycles. The van der Waals surface area contributed by atoms with Crippen LogP contribution in [0.3, 0.4) is 0 Å². The Morgan fingerprint density at radius 1 is 1.07 bits per heavy atom. The molecule has 1 amide bonds. The molecule has 0 bridgehead atoms. The third kappa shape index (κ3) is 5.10. The number of esters is 1. The van der Waals surface area contributed by atoms with Crippen LogP contribution in [0, 0.1) is 0 Å². The monoisotopic (exact) mass is 380 g/mol. The van der Waals surface area contributed by atoms with E-state index in [0.29, 0.717) is 21.8 Å². The molecule has 27 heavy (non-hydrogen) atoms. The number of ether oxygens (including phenoxy) is 1. The maximum Gasteiger partial charge on any atom is 0.353 e. The Balaban J connectivity index is 1.59. The largest absolute Gasteiger partial charge is 0.422 e. The van der Waals surface area contributed by atoms with Crippen molar-refractivity contribution in [3.05, 3.63) is 88.1 Å². The van der Waals surface area contributed by atoms with Gasteiger partial charge in [-0.3, -0.25) is 4.79 Å². The van der Waals surface area contributed by atoms with E-state index >= 15 is 0 Å². The Morgan fingerprint density at radius 2 is 1.89 bits per heavy atom. The predicted octanol–water partition coefficient (Wildman–Crippen LogP) is 3.15. The summed E-state index contributed by atoms with van der Waals surface area (Å²) < 4.78 is 5.31. The molecule has 136 valence electrons. The highest BCUT2D eigenvalue weighted by molar-refractivity contribution is 7.12. The fourth-order valence-electron chi connectivity index (χ4n) is 2.23. The molecule has 2 aromatic carbocycles. The van der Waals surface area contributed by atoms with Crippen molar-refractivity contribution in [3.8, 4) is 5.75 Å². The number of hydrogen-bond donors (Lipinski definition) is 2. The van der Waals surface area contributed by atoms with Crippen molar-refractivity contribution in [2.24, 2.45) is 5.10 Å². The molecule has 1 unspecified atom stereocenters. The molecule has 0 aliphatic rings. The highest BCUT2D eigenvalue weighted by Crippen LogP contribution is 2.17. The number of aliphatic hydroxyl groups excluding tert-OH is 1. The van der Waals surface area contributed by atoms with Crippen LogP contribution in [-0.2, 0) is 4.79 Å². The molecule has 0 saturated carbocycles. The van der Waals surface area contributed by atoms with E-state index in [0.717, 1.165) is 0 Å². The third-order valence-electron chi connectivity index (χ3n) is 3.54. The van der Waals surface area contributed by atoms with Crippen LogP contribution >= 0.6 is 11.3 Å². The van der Waals surface area contributed by atoms with Gasteiger partial charge in [-0.1, -0.05) is 48.5 Å². The summed E-state index contributed by atoms with van der Waals surface area (Å²) in [6, 6.07) is 18.8. The molecule has 7 heteroatoms. The van der Waals surface area contributed by atoms with Gasteiger partial charge in [0.05, 0.1) is 6.21 Å². The number of carbonyl (C=O) groups excluding carboxylic acids is 2. The number of carbonyl (C=O) groups is 2. The van der Waals surface area contributed by atoms with Crippen LogP contribution in [0.15, 0.2) is 77.2 Å². The Kier molecular flexibility index (Phi) is 6.09. The van der Waals surface area contributed by atoms with E-state index in [1.807, 2.05) is 0 Å². The van der Waals surface area contributed by atoms with Gasteiger partial charge < -0.3 is 9.84 Å². The van der Waals surface area contributed by atoms with E-state index in [2.05, 4.69) is 10.5 Å². The van der Waals surface area contributed by atoms with Gasteiger partial charge in [0.1, 0.15) is 10.6 Å². The van der Waals surface area contributed by atoms with Crippen molar-refractivity contribution in [1.29, 1.82) is 0 Å². The molecule has 3 rings (SSSR count). The van der Waals surface area contributed by atoms with Crippen LogP contribution in [0.1, 0.15) is 26.9 Å². The van der Waals surface area contributed by atoms with Crippen molar-refractivity contribution < 1.29 is 19.4 Å². The van der Waals surface area contributed by atoms with E-state index in [4.69, 9.17) is 4.74 Å². The fourth-order valence-corrected chi connectivity index (χ4v) is 2.83. The number of thiophene rings is 1. The first-order valence-electron chi connectivity index (χ1n) is 8.05. The van der Waals surface area contributed by atoms with E-state index in [9.17, 15) is 14.7 Å². The van der Waals surface area contributed by atoms with Gasteiger partial charge in [0.2, 0.25) is 0 Å². The number of benzene rings is 2. The lowest BCUT2D eigenvalue weighted by atomic mass is 10.1. The highest BCUT2D eigenvalue weighted by Gasteiger charge is 2.16. The number of amides is 1. The SMILES string of the molecule is O=C(Oc1cccc(C=NNC(=O)C(O)c2ccccc2)c1)c1cccs1. The van der Waals surface area contributed by atoms with Crippen molar-refractivity contribution in [2.75, 3.05) is 0 Å². The minimum Gasteiger partial charge on any atom is -0.422 e. The van der Waals surface area contributed by atoms with Gasteiger partial charge >= 0.3 is 5.97 Å². The molecular weight excluding hydrogens is 364 g/mol. The lowest BCUT2D eigenvalue weighted by molar-refractivity contribution is -0.129. The number of nitrogens with zero attached hydrogens (tertiary/aromatic N) is 1. The van der Waals surface area contributed by atoms with E-state index in [1.165, 1.54) is 17.6 Å². The van der Waals surface area contributed by atoms with Gasteiger partial charge in [0, 0.05) is 0 Å². The summed E-state index contributed by atoms with van der Waals surface area (Å²) >= 11 is 1.30. The number of nitrogens with one attached hydrogen (secondary N) is 1. The van der Waals surface area contributed by atoms with Crippen LogP contribution in [0.4, 0.5) is 0 Å². The van der Waals surface area contributed by atoms with E-state index < -0.39 is 18.0 Å². The van der Waals surface area contributed by atoms with Gasteiger partial charge in [-0.05, 0) is 34.7 Å². The number of hydrazone groups is 1. The molecule has 0 saturated heterocycles. The molecular formula is C20H16N2O4S. The molecule has 0 fully saturated rings. The van der Waals surface area contributed by atoms with Crippen LogP contribution < -0.4 is 10.2 Å². The maximum atomic E-state index is 12.0. The summed E-state index contributed by atoms with van der Waals surface area (Å²) in [5.74, 6) is -0.705. The molecule has 2 N–H and O–H groups in total. The fraction of sp³-hybridized carbons (Fsp3) is 0.0500. The summed E-state index contributed by atoms with van der Waals surface area (Å²) in [5, 5.41) is 15.6. The maximum absolute atomic E-state index is 12.0. The summed E-state index contributed by atoms with van der Waals surface area (Å²) in [6.07, 6.45) is 0.0967. The number of rotatable bonds is 6. The van der Waals surface area contributed by atoms with E-state index in [1.54, 1.807) is 72.1 Å². The summed E-state index contributed by atoms with van der Waals surface area (Å²) in [4.78, 5) is 24.4. The zero-order chi connectivity index (χ0) is 19.1. The first kappa shape index (κ1) is 18.5. The van der Waals surface area contributed by atoms with Gasteiger partial charge in [-0.25, -0.2) is 10.2 Å². The molecule has 1 atom stereocenters. The minimum absolute atomic E-state index is 0.369. The minimum atomic E-state index is -1.30. The quantitative estimate of drug-likeness (QED) is 0.298. The van der Waals surface area contributed by atoms with Crippen LogP contribution in [-0.4, -0.2) is 23.2 Å². The average molecular weight is 380 g/mol. The Morgan fingerprint density at radius 3 is 2.63 bits per heavy atom. The summed E-state index contributed by atoms with van der Waals surface area (Å²) in [7, 11) is 0. The van der Waals surface area contributed by atoms with Crippen LogP contribution in [0.25, 0.3) is 0 Å². The molecule has 6 nitrogen and oxygen atoms in total. The Hall–Kier alpha value is -3.29. The van der Waals surface area contributed by atoms with Gasteiger partial charge in [-0.15, -0.1) is 11.3 Å². The van der Waals surface area contributed by atoms with Crippen molar-refractivity contribution in [1.82, 2.24) is 5.43 Å². The van der Waals surface area contributed by atoms with Crippen LogP contribution in [0.2, 0.25) is 0 Å². The third-order valence-corrected chi connectivity index (χ3v) is 4.39. The lowest BCUT2D eigenvalue weighted by Crippen LogP contribution is -2.25. The van der Waals surface area contributed by atoms with Gasteiger partial charge in [0.25, 0.3) is 5.91 Å². The lowest BCUT2D eigenvalue weighted by Gasteiger charge is -2.08. The first-order chi connectivity index (χ1) is 13.1. The predicted molar refractivity (Wildman–Crippen MR) is 103 cm³/mol. The topological polar surface area (TPSA) is 88.0 Å². The van der Waals surface area contributed by atoms with Crippen molar-refractivity contribution in [2.45, 2.75) is 6.10 Å². The molecule has 0 spiro atoms. The average Bonchev–Trinajstić information content (AvgIpc) is 3.23. The Labute approximate surface area is 159 Å². The second kappa shape index (κ2) is 8.88. The van der Waals surface area contributed by atoms with Gasteiger partial charge in [-0.2, -0.15) is 5.10 Å². The number of aliphatic hydroxyl groups is 1. The molecule has 3 aromatic rings. The second-order valence-corrected chi connectivity index (χ2v) is 6.43. The second-order valence-electron chi connectivity index (χ2n) is 5.49. The normalized spacial score (nSPS) is 11.9. The highest BCUT2D eigenvalue weighted by atomic mass is 32.1.